The summed E-state index contributed by atoms with van der Waals surface area (Å²) >= 11 is -0.513. The molecular weight excluding hydrogens is 325 g/mol. The number of piperidine rings is 1. The van der Waals surface area contributed by atoms with E-state index < -0.39 is 23.2 Å². The number of benzene rings is 1. The molecule has 124 valence electrons. The van der Waals surface area contributed by atoms with Crippen LogP contribution < -0.4 is 4.74 Å². The minimum absolute atomic E-state index is 0.0475. The number of rotatable bonds is 4. The summed E-state index contributed by atoms with van der Waals surface area (Å²) in [6, 6.07) is 5.28. The second-order valence-electron chi connectivity index (χ2n) is 5.21. The van der Waals surface area contributed by atoms with Gasteiger partial charge in [0.1, 0.15) is 11.9 Å². The number of hydrogen-bond acceptors (Lipinski definition) is 3. The van der Waals surface area contributed by atoms with Crippen LogP contribution in [0, 0.1) is 0 Å². The average Bonchev–Trinajstić information content (AvgIpc) is 2.42. The van der Waals surface area contributed by atoms with Crippen LogP contribution in [-0.2, 0) is 0 Å². The van der Waals surface area contributed by atoms with E-state index in [1.54, 1.807) is 0 Å². The zero-order chi connectivity index (χ0) is 16.4. The number of thioether (sulfide) groups is 1. The van der Waals surface area contributed by atoms with E-state index in [0.29, 0.717) is 5.75 Å². The van der Waals surface area contributed by atoms with Crippen molar-refractivity contribution in [2.75, 3.05) is 20.1 Å². The highest BCUT2D eigenvalue weighted by molar-refractivity contribution is 8.00. The van der Waals surface area contributed by atoms with Crippen LogP contribution in [0.25, 0.3) is 0 Å². The maximum Gasteiger partial charge on any atom is 0.464 e. The topological polar surface area (TPSA) is 12.5 Å². The molecule has 2 rings (SSSR count). The molecule has 0 aromatic heterocycles. The molecule has 1 aromatic carbocycles. The van der Waals surface area contributed by atoms with Crippen LogP contribution in [-0.4, -0.2) is 42.6 Å². The first-order chi connectivity index (χ1) is 10.2. The number of likely N-dealkylation sites (tertiary alicyclic amines) is 1. The van der Waals surface area contributed by atoms with Crippen LogP contribution in [0.3, 0.4) is 0 Å². The van der Waals surface area contributed by atoms with Gasteiger partial charge in [0.2, 0.25) is 0 Å². The Morgan fingerprint density at radius 3 is 2.09 bits per heavy atom. The quantitative estimate of drug-likeness (QED) is 0.595. The molecule has 1 heterocycles. The van der Waals surface area contributed by atoms with Crippen molar-refractivity contribution < 1.29 is 26.7 Å². The highest BCUT2D eigenvalue weighted by atomic mass is 32.2. The third-order valence-electron chi connectivity index (χ3n) is 3.37. The van der Waals surface area contributed by atoms with E-state index in [0.717, 1.165) is 25.9 Å². The largest absolute Gasteiger partial charge is 0.490 e. The fraction of sp³-hybridized carbons (Fsp3) is 0.571. The molecule has 0 bridgehead atoms. The Hall–Kier alpha value is -1.02. The Morgan fingerprint density at radius 2 is 1.59 bits per heavy atom. The summed E-state index contributed by atoms with van der Waals surface area (Å²) in [7, 11) is 2.02. The van der Waals surface area contributed by atoms with Gasteiger partial charge in [-0.25, -0.2) is 0 Å². The van der Waals surface area contributed by atoms with Gasteiger partial charge in [0.15, 0.2) is 0 Å². The summed E-state index contributed by atoms with van der Waals surface area (Å²) in [4.78, 5) is 2.02. The van der Waals surface area contributed by atoms with Crippen molar-refractivity contribution in [2.24, 2.45) is 0 Å². The maximum absolute atomic E-state index is 12.9. The van der Waals surface area contributed by atoms with E-state index in [1.165, 1.54) is 24.3 Å². The third kappa shape index (κ3) is 4.49. The summed E-state index contributed by atoms with van der Waals surface area (Å²) in [5, 5.41) is -4.80. The van der Waals surface area contributed by atoms with Crippen LogP contribution in [0.5, 0.6) is 5.75 Å². The lowest BCUT2D eigenvalue weighted by atomic mass is 10.1. The summed E-state index contributed by atoms with van der Waals surface area (Å²) < 4.78 is 68.0. The number of nitrogens with zero attached hydrogens (tertiary/aromatic N) is 1. The maximum atomic E-state index is 12.9. The van der Waals surface area contributed by atoms with E-state index in [-0.39, 0.29) is 11.0 Å². The van der Waals surface area contributed by atoms with Crippen LogP contribution >= 0.6 is 11.8 Å². The van der Waals surface area contributed by atoms with Gasteiger partial charge in [-0.1, -0.05) is 0 Å². The Bertz CT molecular complexity index is 483. The molecule has 0 radical (unpaired) electrons. The first-order valence-electron chi connectivity index (χ1n) is 6.76. The highest BCUT2D eigenvalue weighted by Crippen LogP contribution is 2.47. The van der Waals surface area contributed by atoms with Crippen molar-refractivity contribution in [3.8, 4) is 5.75 Å². The predicted molar refractivity (Wildman–Crippen MR) is 74.4 cm³/mol. The Labute approximate surface area is 129 Å². The fourth-order valence-electron chi connectivity index (χ4n) is 2.09. The molecule has 1 aliphatic heterocycles. The molecule has 1 aliphatic rings. The number of alkyl halides is 5. The van der Waals surface area contributed by atoms with Crippen LogP contribution in [0.1, 0.15) is 12.8 Å². The van der Waals surface area contributed by atoms with Gasteiger partial charge in [0.25, 0.3) is 0 Å². The molecule has 0 aliphatic carbocycles. The highest BCUT2D eigenvalue weighted by Gasteiger charge is 2.58. The molecule has 1 aromatic rings. The molecule has 1 saturated heterocycles. The molecule has 8 heteroatoms. The van der Waals surface area contributed by atoms with Crippen LogP contribution in [0.4, 0.5) is 22.0 Å². The second-order valence-corrected chi connectivity index (χ2v) is 6.40. The zero-order valence-corrected chi connectivity index (χ0v) is 12.7. The molecule has 0 N–H and O–H groups in total. The van der Waals surface area contributed by atoms with Gasteiger partial charge in [-0.2, -0.15) is 22.0 Å². The van der Waals surface area contributed by atoms with Crippen molar-refractivity contribution in [1.82, 2.24) is 4.90 Å². The van der Waals surface area contributed by atoms with Gasteiger partial charge in [-0.3, -0.25) is 0 Å². The average molecular weight is 341 g/mol. The normalized spacial score (nSPS) is 18.5. The van der Waals surface area contributed by atoms with Gasteiger partial charge in [0, 0.05) is 18.0 Å². The summed E-state index contributed by atoms with van der Waals surface area (Å²) in [6.45, 7) is 1.83. The lowest BCUT2D eigenvalue weighted by Crippen LogP contribution is -2.35. The lowest BCUT2D eigenvalue weighted by Gasteiger charge is -2.29. The van der Waals surface area contributed by atoms with Crippen molar-refractivity contribution >= 4 is 11.8 Å². The van der Waals surface area contributed by atoms with E-state index in [2.05, 4.69) is 4.90 Å². The molecule has 0 amide bonds. The monoisotopic (exact) mass is 341 g/mol. The molecular formula is C14H16F5NOS. The summed E-state index contributed by atoms with van der Waals surface area (Å²) in [5.41, 5.74) is 0. The Kier molecular flexibility index (Phi) is 5.21. The predicted octanol–water partition coefficient (Wildman–Crippen LogP) is 4.41. The van der Waals surface area contributed by atoms with E-state index in [4.69, 9.17) is 4.74 Å². The Balaban J connectivity index is 1.93. The molecule has 0 unspecified atom stereocenters. The molecule has 0 spiro atoms. The van der Waals surface area contributed by atoms with E-state index in [9.17, 15) is 22.0 Å². The van der Waals surface area contributed by atoms with E-state index >= 15 is 0 Å². The van der Waals surface area contributed by atoms with Gasteiger partial charge < -0.3 is 9.64 Å². The molecule has 2 nitrogen and oxygen atoms in total. The van der Waals surface area contributed by atoms with Gasteiger partial charge >= 0.3 is 11.4 Å². The minimum atomic E-state index is -5.57. The number of halogens is 5. The van der Waals surface area contributed by atoms with Gasteiger partial charge in [0.05, 0.1) is 0 Å². The van der Waals surface area contributed by atoms with Gasteiger partial charge in [-0.05, 0) is 55.9 Å². The van der Waals surface area contributed by atoms with Crippen LogP contribution in [0.2, 0.25) is 0 Å². The lowest BCUT2D eigenvalue weighted by molar-refractivity contribution is -0.237. The molecule has 0 atom stereocenters. The summed E-state index contributed by atoms with van der Waals surface area (Å²) in [5.74, 6) is 0.481. The third-order valence-corrected chi connectivity index (χ3v) is 4.36. The fourth-order valence-corrected chi connectivity index (χ4v) is 2.77. The standard InChI is InChI=1S/C14H16F5NOS/c1-20-8-6-11(7-9-20)21-10-2-4-12(5-3-10)22-14(18,19)13(15,16)17/h2-5,11H,6-9H2,1H3. The van der Waals surface area contributed by atoms with Crippen LogP contribution in [0.15, 0.2) is 29.2 Å². The van der Waals surface area contributed by atoms with Gasteiger partial charge in [-0.15, -0.1) is 0 Å². The first kappa shape index (κ1) is 17.3. The van der Waals surface area contributed by atoms with E-state index in [1.807, 2.05) is 7.05 Å². The minimum Gasteiger partial charge on any atom is -0.490 e. The number of ether oxygens (including phenoxy) is 1. The van der Waals surface area contributed by atoms with Crippen molar-refractivity contribution in [2.45, 2.75) is 35.3 Å². The Morgan fingerprint density at radius 1 is 1.05 bits per heavy atom. The summed E-state index contributed by atoms with van der Waals surface area (Å²) in [6.07, 6.45) is -3.80. The molecule has 1 fully saturated rings. The van der Waals surface area contributed by atoms with Crippen molar-refractivity contribution in [3.63, 3.8) is 0 Å². The SMILES string of the molecule is CN1CCC(Oc2ccc(SC(F)(F)C(F)(F)F)cc2)CC1. The number of hydrogen-bond donors (Lipinski definition) is 0. The van der Waals surface area contributed by atoms with Crippen molar-refractivity contribution in [3.05, 3.63) is 24.3 Å². The second kappa shape index (κ2) is 6.62. The van der Waals surface area contributed by atoms with Crippen molar-refractivity contribution in [1.29, 1.82) is 0 Å². The first-order valence-corrected chi connectivity index (χ1v) is 7.58. The zero-order valence-electron chi connectivity index (χ0n) is 11.9. The molecule has 22 heavy (non-hydrogen) atoms. The molecule has 0 saturated carbocycles. The smallest absolute Gasteiger partial charge is 0.464 e.